The minimum absolute atomic E-state index is 0.164. The van der Waals surface area contributed by atoms with Crippen LogP contribution in [0.5, 0.6) is 0 Å². The van der Waals surface area contributed by atoms with Crippen molar-refractivity contribution >= 4 is 17.6 Å². The monoisotopic (exact) mass is 307 g/mol. The summed E-state index contributed by atoms with van der Waals surface area (Å²) in [6.07, 6.45) is 0.943. The lowest BCUT2D eigenvalue weighted by atomic mass is 10.0. The lowest BCUT2D eigenvalue weighted by molar-refractivity contribution is -0.0455. The van der Waals surface area contributed by atoms with Crippen LogP contribution >= 0.6 is 11.6 Å². The zero-order chi connectivity index (χ0) is 14.9. The van der Waals surface area contributed by atoms with Crippen molar-refractivity contribution in [3.05, 3.63) is 29.3 Å². The number of hydrogen-bond acceptors (Lipinski definition) is 5. The molecule has 1 aliphatic heterocycles. The predicted molar refractivity (Wildman–Crippen MR) is 81.6 cm³/mol. The maximum absolute atomic E-state index is 5.99. The first kappa shape index (κ1) is 14.4. The number of hydrogen-bond donors (Lipinski definition) is 0. The van der Waals surface area contributed by atoms with E-state index in [1.54, 1.807) is 0 Å². The van der Waals surface area contributed by atoms with E-state index < -0.39 is 0 Å². The van der Waals surface area contributed by atoms with Gasteiger partial charge in [0.15, 0.2) is 0 Å². The summed E-state index contributed by atoms with van der Waals surface area (Å²) in [5.41, 5.74) is 0.687. The van der Waals surface area contributed by atoms with Gasteiger partial charge in [0.2, 0.25) is 5.82 Å². The third kappa shape index (κ3) is 3.04. The number of rotatable bonds is 3. The molecule has 1 saturated heterocycles. The average molecular weight is 308 g/mol. The zero-order valence-electron chi connectivity index (χ0n) is 12.2. The predicted octanol–water partition coefficient (Wildman–Crippen LogP) is 3.40. The molecule has 6 heteroatoms. The minimum atomic E-state index is -0.164. The van der Waals surface area contributed by atoms with Crippen LogP contribution in [-0.2, 0) is 4.74 Å². The summed E-state index contributed by atoms with van der Waals surface area (Å²) < 4.78 is 11.2. The smallest absolute Gasteiger partial charge is 0.324 e. The number of morpholine rings is 1. The Morgan fingerprint density at radius 3 is 3.05 bits per heavy atom. The lowest BCUT2D eigenvalue weighted by Gasteiger charge is -2.38. The normalized spacial score (nSPS) is 22.5. The van der Waals surface area contributed by atoms with Crippen molar-refractivity contribution < 1.29 is 9.26 Å². The molecule has 5 nitrogen and oxygen atoms in total. The van der Waals surface area contributed by atoms with Gasteiger partial charge >= 0.3 is 6.01 Å². The van der Waals surface area contributed by atoms with Crippen LogP contribution in [0.4, 0.5) is 6.01 Å². The molecule has 1 fully saturated rings. The van der Waals surface area contributed by atoms with Crippen LogP contribution in [0.1, 0.15) is 20.3 Å². The molecule has 21 heavy (non-hydrogen) atoms. The van der Waals surface area contributed by atoms with Crippen LogP contribution in [0.15, 0.2) is 28.8 Å². The molecular formula is C15H18ClN3O2. The molecule has 0 N–H and O–H groups in total. The number of ether oxygens (including phenoxy) is 1. The molecule has 1 unspecified atom stereocenters. The van der Waals surface area contributed by atoms with Crippen LogP contribution in [0.3, 0.4) is 0 Å². The second kappa shape index (κ2) is 5.66. The fourth-order valence-corrected chi connectivity index (χ4v) is 2.59. The molecule has 1 aromatic carbocycles. The summed E-state index contributed by atoms with van der Waals surface area (Å²) in [7, 11) is 0. The summed E-state index contributed by atoms with van der Waals surface area (Å²) in [4.78, 5) is 6.56. The first-order valence-electron chi connectivity index (χ1n) is 7.08. The first-order chi connectivity index (χ1) is 10.1. The van der Waals surface area contributed by atoms with Crippen LogP contribution < -0.4 is 4.90 Å². The number of benzene rings is 1. The van der Waals surface area contributed by atoms with E-state index in [1.807, 2.05) is 24.3 Å². The second-order valence-electron chi connectivity index (χ2n) is 5.48. The molecule has 0 radical (unpaired) electrons. The topological polar surface area (TPSA) is 51.4 Å². The van der Waals surface area contributed by atoms with Crippen molar-refractivity contribution in [3.8, 4) is 11.4 Å². The Bertz CT molecular complexity index is 631. The van der Waals surface area contributed by atoms with Crippen LogP contribution in [0.2, 0.25) is 5.02 Å². The molecule has 1 aromatic heterocycles. The summed E-state index contributed by atoms with van der Waals surface area (Å²) in [6, 6.07) is 7.96. The summed E-state index contributed by atoms with van der Waals surface area (Å²) in [6.45, 7) is 6.40. The largest absolute Gasteiger partial charge is 0.372 e. The Labute approximate surface area is 128 Å². The highest BCUT2D eigenvalue weighted by Gasteiger charge is 2.32. The maximum Gasteiger partial charge on any atom is 0.324 e. The first-order valence-corrected chi connectivity index (χ1v) is 7.46. The molecule has 112 valence electrons. The quantitative estimate of drug-likeness (QED) is 0.870. The van der Waals surface area contributed by atoms with Gasteiger partial charge in [0.25, 0.3) is 0 Å². The maximum atomic E-state index is 5.99. The lowest BCUT2D eigenvalue weighted by Crippen LogP contribution is -2.50. The Morgan fingerprint density at radius 2 is 2.29 bits per heavy atom. The van der Waals surface area contributed by atoms with E-state index in [9.17, 15) is 0 Å². The molecule has 2 aromatic rings. The van der Waals surface area contributed by atoms with Crippen molar-refractivity contribution in [2.24, 2.45) is 0 Å². The molecule has 1 atom stereocenters. The van der Waals surface area contributed by atoms with Gasteiger partial charge in [-0.05, 0) is 25.5 Å². The highest BCUT2D eigenvalue weighted by Crippen LogP contribution is 2.27. The van der Waals surface area contributed by atoms with Gasteiger partial charge in [0.1, 0.15) is 0 Å². The van der Waals surface area contributed by atoms with Gasteiger partial charge in [-0.2, -0.15) is 4.98 Å². The van der Waals surface area contributed by atoms with Crippen molar-refractivity contribution in [3.63, 3.8) is 0 Å². The van der Waals surface area contributed by atoms with Crippen molar-refractivity contribution in [2.75, 3.05) is 24.6 Å². The molecule has 0 spiro atoms. The van der Waals surface area contributed by atoms with Crippen molar-refractivity contribution in [1.29, 1.82) is 0 Å². The average Bonchev–Trinajstić information content (AvgIpc) is 2.97. The van der Waals surface area contributed by atoms with E-state index in [0.717, 1.165) is 25.1 Å². The molecule has 1 aliphatic rings. The van der Waals surface area contributed by atoms with E-state index in [1.165, 1.54) is 0 Å². The van der Waals surface area contributed by atoms with Crippen molar-refractivity contribution in [1.82, 2.24) is 10.1 Å². The molecular weight excluding hydrogens is 290 g/mol. The van der Waals surface area contributed by atoms with Crippen molar-refractivity contribution in [2.45, 2.75) is 25.9 Å². The Kier molecular flexibility index (Phi) is 3.87. The molecule has 0 saturated carbocycles. The fraction of sp³-hybridized carbons (Fsp3) is 0.467. The van der Waals surface area contributed by atoms with Crippen LogP contribution in [0.25, 0.3) is 11.4 Å². The van der Waals surface area contributed by atoms with E-state index in [4.69, 9.17) is 20.9 Å². The SMILES string of the molecule is CCC1(C)CN(c2nc(-c3cccc(Cl)c3)no2)CCO1. The van der Waals surface area contributed by atoms with E-state index in [0.29, 0.717) is 23.5 Å². The molecule has 3 rings (SSSR count). The third-order valence-electron chi connectivity index (χ3n) is 3.85. The number of halogens is 1. The Balaban J connectivity index is 1.82. The van der Waals surface area contributed by atoms with Crippen LogP contribution in [0, 0.1) is 0 Å². The zero-order valence-corrected chi connectivity index (χ0v) is 12.9. The van der Waals surface area contributed by atoms with Gasteiger partial charge in [0.05, 0.1) is 18.8 Å². The third-order valence-corrected chi connectivity index (χ3v) is 4.09. The van der Waals surface area contributed by atoms with E-state index >= 15 is 0 Å². The molecule has 0 bridgehead atoms. The molecule has 2 heterocycles. The fourth-order valence-electron chi connectivity index (χ4n) is 2.40. The van der Waals surface area contributed by atoms with Gasteiger partial charge in [-0.1, -0.05) is 35.8 Å². The summed E-state index contributed by atoms with van der Waals surface area (Å²) in [5.74, 6) is 0.553. The van der Waals surface area contributed by atoms with E-state index in [-0.39, 0.29) is 5.60 Å². The Morgan fingerprint density at radius 1 is 1.43 bits per heavy atom. The minimum Gasteiger partial charge on any atom is -0.372 e. The number of nitrogens with zero attached hydrogens (tertiary/aromatic N) is 3. The van der Waals surface area contributed by atoms with Gasteiger partial charge in [0, 0.05) is 17.1 Å². The van der Waals surface area contributed by atoms with E-state index in [2.05, 4.69) is 28.9 Å². The standard InChI is InChI=1S/C15H18ClN3O2/c1-3-15(2)10-19(7-8-20-15)14-17-13(18-21-14)11-5-4-6-12(16)9-11/h4-6,9H,3,7-8,10H2,1-2H3. The van der Waals surface area contributed by atoms with Gasteiger partial charge < -0.3 is 14.2 Å². The molecule has 0 amide bonds. The molecule has 0 aliphatic carbocycles. The summed E-state index contributed by atoms with van der Waals surface area (Å²) >= 11 is 5.99. The second-order valence-corrected chi connectivity index (χ2v) is 5.92. The summed E-state index contributed by atoms with van der Waals surface area (Å²) in [5, 5.41) is 4.71. The van der Waals surface area contributed by atoms with Gasteiger partial charge in [-0.15, -0.1) is 0 Å². The highest BCUT2D eigenvalue weighted by atomic mass is 35.5. The number of anilines is 1. The Hall–Kier alpha value is -1.59. The number of aromatic nitrogens is 2. The van der Waals surface area contributed by atoms with Gasteiger partial charge in [-0.3, -0.25) is 0 Å². The van der Waals surface area contributed by atoms with Gasteiger partial charge in [-0.25, -0.2) is 0 Å². The van der Waals surface area contributed by atoms with Crippen LogP contribution in [-0.4, -0.2) is 35.4 Å². The highest BCUT2D eigenvalue weighted by molar-refractivity contribution is 6.30.